The number of aromatic nitrogens is 2. The second-order valence-electron chi connectivity index (χ2n) is 6.39. The number of nitriles is 1. The molecule has 11 nitrogen and oxygen atoms in total. The van der Waals surface area contributed by atoms with Gasteiger partial charge in [0, 0.05) is 30.8 Å². The first kappa shape index (κ1) is 21.8. The van der Waals surface area contributed by atoms with Crippen LogP contribution in [0.25, 0.3) is 5.69 Å². The Kier molecular flexibility index (Phi) is 5.91. The minimum Gasteiger partial charge on any atom is -0.497 e. The van der Waals surface area contributed by atoms with E-state index in [0.717, 1.165) is 10.7 Å². The van der Waals surface area contributed by atoms with E-state index in [1.807, 2.05) is 6.07 Å². The standard InChI is InChI=1S/C19H17N5O6S/c1-29-16-4-3-13(17(8-16)30-2)5-14-6-15(24(25)26)7-18(31(21,27)28)19(14)23-11-12(9-20)10-22-23/h3-4,6-8,10-11H,5H2,1-2H3,(H2,21,27,28). The summed E-state index contributed by atoms with van der Waals surface area (Å²) < 4.78 is 36.3. The highest BCUT2D eigenvalue weighted by Crippen LogP contribution is 2.33. The fourth-order valence-electron chi connectivity index (χ4n) is 3.07. The summed E-state index contributed by atoms with van der Waals surface area (Å²) >= 11 is 0. The smallest absolute Gasteiger partial charge is 0.271 e. The van der Waals surface area contributed by atoms with Crippen LogP contribution in [0, 0.1) is 21.4 Å². The first-order valence-electron chi connectivity index (χ1n) is 8.68. The van der Waals surface area contributed by atoms with E-state index in [-0.39, 0.29) is 23.2 Å². The number of sulfonamides is 1. The summed E-state index contributed by atoms with van der Waals surface area (Å²) in [6, 6.07) is 9.01. The predicted molar refractivity (Wildman–Crippen MR) is 109 cm³/mol. The number of ether oxygens (including phenoxy) is 2. The lowest BCUT2D eigenvalue weighted by atomic mass is 10.0. The minimum atomic E-state index is -4.38. The topological polar surface area (TPSA) is 163 Å². The van der Waals surface area contributed by atoms with E-state index < -0.39 is 25.5 Å². The van der Waals surface area contributed by atoms with Crippen LogP contribution >= 0.6 is 0 Å². The van der Waals surface area contributed by atoms with Gasteiger partial charge in [0.15, 0.2) is 0 Å². The third-order valence-corrected chi connectivity index (χ3v) is 5.40. The molecule has 0 aliphatic heterocycles. The van der Waals surface area contributed by atoms with Crippen molar-refractivity contribution in [3.8, 4) is 23.3 Å². The van der Waals surface area contributed by atoms with Crippen LogP contribution in [-0.4, -0.2) is 37.3 Å². The lowest BCUT2D eigenvalue weighted by molar-refractivity contribution is -0.385. The van der Waals surface area contributed by atoms with Gasteiger partial charge in [-0.25, -0.2) is 18.2 Å². The zero-order valence-electron chi connectivity index (χ0n) is 16.5. The Bertz CT molecular complexity index is 1310. The summed E-state index contributed by atoms with van der Waals surface area (Å²) in [5.41, 5.74) is 0.578. The van der Waals surface area contributed by atoms with Crippen molar-refractivity contribution in [3.05, 3.63) is 69.5 Å². The fourth-order valence-corrected chi connectivity index (χ4v) is 3.85. The van der Waals surface area contributed by atoms with Crippen molar-refractivity contribution in [2.75, 3.05) is 14.2 Å². The summed E-state index contributed by atoms with van der Waals surface area (Å²) in [6.07, 6.45) is 2.60. The number of hydrogen-bond acceptors (Lipinski definition) is 8. The van der Waals surface area contributed by atoms with Crippen molar-refractivity contribution in [1.29, 1.82) is 5.26 Å². The van der Waals surface area contributed by atoms with E-state index in [4.69, 9.17) is 19.9 Å². The number of rotatable bonds is 7. The van der Waals surface area contributed by atoms with Gasteiger partial charge in [-0.15, -0.1) is 0 Å². The lowest BCUT2D eigenvalue weighted by Gasteiger charge is -2.16. The number of hydrogen-bond donors (Lipinski definition) is 1. The molecule has 3 rings (SSSR count). The van der Waals surface area contributed by atoms with Crippen molar-refractivity contribution in [1.82, 2.24) is 9.78 Å². The zero-order valence-corrected chi connectivity index (χ0v) is 17.3. The Balaban J connectivity index is 2.31. The van der Waals surface area contributed by atoms with Gasteiger partial charge in [0.2, 0.25) is 10.0 Å². The molecule has 0 aliphatic carbocycles. The second-order valence-corrected chi connectivity index (χ2v) is 7.92. The maximum absolute atomic E-state index is 12.3. The summed E-state index contributed by atoms with van der Waals surface area (Å²) in [7, 11) is -1.43. The maximum Gasteiger partial charge on any atom is 0.271 e. The van der Waals surface area contributed by atoms with Crippen LogP contribution in [-0.2, 0) is 16.4 Å². The van der Waals surface area contributed by atoms with Crippen molar-refractivity contribution >= 4 is 15.7 Å². The molecule has 0 fully saturated rings. The molecule has 0 saturated carbocycles. The van der Waals surface area contributed by atoms with E-state index in [0.29, 0.717) is 17.1 Å². The molecule has 0 saturated heterocycles. The van der Waals surface area contributed by atoms with Gasteiger partial charge >= 0.3 is 0 Å². The van der Waals surface area contributed by atoms with Gasteiger partial charge < -0.3 is 9.47 Å². The van der Waals surface area contributed by atoms with Crippen LogP contribution in [0.5, 0.6) is 11.5 Å². The second kappa shape index (κ2) is 8.42. The number of nitro benzene ring substituents is 1. The van der Waals surface area contributed by atoms with Crippen molar-refractivity contribution in [2.45, 2.75) is 11.3 Å². The van der Waals surface area contributed by atoms with Gasteiger partial charge in [0.05, 0.1) is 36.6 Å². The molecule has 12 heteroatoms. The van der Waals surface area contributed by atoms with Gasteiger partial charge in [-0.2, -0.15) is 10.4 Å². The number of nitro groups is 1. The number of non-ortho nitro benzene ring substituents is 1. The molecule has 0 unspecified atom stereocenters. The van der Waals surface area contributed by atoms with E-state index in [1.165, 1.54) is 32.7 Å². The van der Waals surface area contributed by atoms with Crippen LogP contribution in [0.1, 0.15) is 16.7 Å². The highest BCUT2D eigenvalue weighted by atomic mass is 32.2. The third-order valence-electron chi connectivity index (χ3n) is 4.47. The third kappa shape index (κ3) is 4.47. The molecule has 0 bridgehead atoms. The molecule has 2 aromatic carbocycles. The van der Waals surface area contributed by atoms with E-state index in [1.54, 1.807) is 18.2 Å². The predicted octanol–water partition coefficient (Wildman–Crippen LogP) is 1.91. The number of nitrogens with two attached hydrogens (primary N) is 1. The monoisotopic (exact) mass is 443 g/mol. The van der Waals surface area contributed by atoms with Crippen molar-refractivity contribution in [2.24, 2.45) is 5.14 Å². The van der Waals surface area contributed by atoms with Crippen LogP contribution in [0.2, 0.25) is 0 Å². The Morgan fingerprint density at radius 3 is 2.52 bits per heavy atom. The molecular weight excluding hydrogens is 426 g/mol. The average Bonchev–Trinajstić information content (AvgIpc) is 3.21. The Hall–Kier alpha value is -3.95. The summed E-state index contributed by atoms with van der Waals surface area (Å²) in [6.45, 7) is 0. The SMILES string of the molecule is COc1ccc(Cc2cc([N+](=O)[O-])cc(S(N)(=O)=O)c2-n2cc(C#N)cn2)c(OC)c1. The molecular formula is C19H17N5O6S. The van der Waals surface area contributed by atoms with Crippen LogP contribution in [0.4, 0.5) is 5.69 Å². The van der Waals surface area contributed by atoms with Crippen LogP contribution in [0.15, 0.2) is 47.6 Å². The molecule has 160 valence electrons. The average molecular weight is 443 g/mol. The van der Waals surface area contributed by atoms with Gasteiger partial charge in [0.25, 0.3) is 5.69 Å². The highest BCUT2D eigenvalue weighted by molar-refractivity contribution is 7.89. The maximum atomic E-state index is 12.3. The molecule has 0 spiro atoms. The Morgan fingerprint density at radius 1 is 1.23 bits per heavy atom. The Morgan fingerprint density at radius 2 is 1.97 bits per heavy atom. The number of primary sulfonamides is 1. The Labute approximate surface area is 177 Å². The van der Waals surface area contributed by atoms with Gasteiger partial charge in [-0.3, -0.25) is 10.1 Å². The van der Waals surface area contributed by atoms with Crippen LogP contribution < -0.4 is 14.6 Å². The van der Waals surface area contributed by atoms with E-state index in [2.05, 4.69) is 5.10 Å². The first-order chi connectivity index (χ1) is 14.7. The number of methoxy groups -OCH3 is 2. The van der Waals surface area contributed by atoms with E-state index in [9.17, 15) is 18.5 Å². The summed E-state index contributed by atoms with van der Waals surface area (Å²) in [5.74, 6) is 0.975. The van der Waals surface area contributed by atoms with E-state index >= 15 is 0 Å². The summed E-state index contributed by atoms with van der Waals surface area (Å²) in [4.78, 5) is 10.3. The first-order valence-corrected chi connectivity index (χ1v) is 10.2. The van der Waals surface area contributed by atoms with Crippen molar-refractivity contribution < 1.29 is 22.8 Å². The molecule has 0 aliphatic rings. The zero-order chi connectivity index (χ0) is 22.8. The number of benzene rings is 2. The van der Waals surface area contributed by atoms with Crippen molar-refractivity contribution in [3.63, 3.8) is 0 Å². The van der Waals surface area contributed by atoms with Gasteiger partial charge in [-0.1, -0.05) is 6.07 Å². The molecule has 0 amide bonds. The summed E-state index contributed by atoms with van der Waals surface area (Å²) in [5, 5.41) is 29.9. The highest BCUT2D eigenvalue weighted by Gasteiger charge is 2.26. The largest absolute Gasteiger partial charge is 0.497 e. The molecule has 0 atom stereocenters. The molecule has 0 radical (unpaired) electrons. The molecule has 3 aromatic rings. The fraction of sp³-hybridized carbons (Fsp3) is 0.158. The molecule has 2 N–H and O–H groups in total. The molecule has 31 heavy (non-hydrogen) atoms. The molecule has 1 heterocycles. The normalized spacial score (nSPS) is 11.0. The lowest BCUT2D eigenvalue weighted by Crippen LogP contribution is -2.18. The van der Waals surface area contributed by atoms with Gasteiger partial charge in [0.1, 0.15) is 22.5 Å². The molecule has 1 aromatic heterocycles. The minimum absolute atomic E-state index is 0.00692. The number of nitrogens with zero attached hydrogens (tertiary/aromatic N) is 4. The quantitative estimate of drug-likeness (QED) is 0.427. The van der Waals surface area contributed by atoms with Gasteiger partial charge in [-0.05, 0) is 17.2 Å². The van der Waals surface area contributed by atoms with Crippen LogP contribution in [0.3, 0.4) is 0 Å².